The molecule has 0 aliphatic carbocycles. The van der Waals surface area contributed by atoms with Crippen LogP contribution in [-0.2, 0) is 15.9 Å². The highest BCUT2D eigenvalue weighted by atomic mass is 32.2. The van der Waals surface area contributed by atoms with E-state index in [0.29, 0.717) is 0 Å². The van der Waals surface area contributed by atoms with Gasteiger partial charge in [-0.25, -0.2) is 4.21 Å². The zero-order valence-corrected chi connectivity index (χ0v) is 8.40. The summed E-state index contributed by atoms with van der Waals surface area (Å²) in [6.45, 7) is 1.34. The van der Waals surface area contributed by atoms with Crippen molar-refractivity contribution in [2.24, 2.45) is 10.5 Å². The van der Waals surface area contributed by atoms with Crippen LogP contribution >= 0.6 is 0 Å². The first-order valence-electron chi connectivity index (χ1n) is 3.74. The van der Waals surface area contributed by atoms with Gasteiger partial charge in [0.2, 0.25) is 0 Å². The third kappa shape index (κ3) is 4.22. The second-order valence-corrected chi connectivity index (χ2v) is 3.97. The SMILES string of the molecule is C[C@](CCN=[N+]=[N-])(CS(=O)O)C(=O)O. The summed E-state index contributed by atoms with van der Waals surface area (Å²) in [5, 5.41) is 12.0. The summed E-state index contributed by atoms with van der Waals surface area (Å²) in [6, 6.07) is 0. The average molecular weight is 221 g/mol. The van der Waals surface area contributed by atoms with Gasteiger partial charge >= 0.3 is 5.97 Å². The van der Waals surface area contributed by atoms with E-state index in [1.807, 2.05) is 0 Å². The molecule has 2 atom stereocenters. The summed E-state index contributed by atoms with van der Waals surface area (Å²) in [4.78, 5) is 13.2. The van der Waals surface area contributed by atoms with Crippen molar-refractivity contribution in [2.75, 3.05) is 12.3 Å². The molecule has 0 saturated heterocycles. The van der Waals surface area contributed by atoms with Crippen molar-refractivity contribution in [1.29, 1.82) is 0 Å². The number of hydrogen-bond acceptors (Lipinski definition) is 3. The monoisotopic (exact) mass is 221 g/mol. The van der Waals surface area contributed by atoms with E-state index < -0.39 is 22.5 Å². The number of aliphatic carboxylic acids is 1. The van der Waals surface area contributed by atoms with Crippen LogP contribution in [0.2, 0.25) is 0 Å². The molecule has 0 heterocycles. The minimum atomic E-state index is -2.18. The van der Waals surface area contributed by atoms with Gasteiger partial charge in [-0.1, -0.05) is 5.11 Å². The highest BCUT2D eigenvalue weighted by molar-refractivity contribution is 7.79. The number of hydrogen-bond donors (Lipinski definition) is 2. The highest BCUT2D eigenvalue weighted by Gasteiger charge is 2.34. The van der Waals surface area contributed by atoms with Crippen molar-refractivity contribution in [3.05, 3.63) is 10.4 Å². The summed E-state index contributed by atoms with van der Waals surface area (Å²) in [6.07, 6.45) is 0.0404. The van der Waals surface area contributed by atoms with Gasteiger partial charge in [-0.2, -0.15) is 0 Å². The molecule has 0 bridgehead atoms. The van der Waals surface area contributed by atoms with Crippen molar-refractivity contribution in [2.45, 2.75) is 13.3 Å². The average Bonchev–Trinajstić information content (AvgIpc) is 2.03. The molecule has 0 rings (SSSR count). The Morgan fingerprint density at radius 2 is 2.29 bits per heavy atom. The Morgan fingerprint density at radius 1 is 1.71 bits per heavy atom. The van der Waals surface area contributed by atoms with Gasteiger partial charge in [0.05, 0.1) is 11.2 Å². The van der Waals surface area contributed by atoms with E-state index in [1.165, 1.54) is 6.92 Å². The Kier molecular flexibility index (Phi) is 5.14. The van der Waals surface area contributed by atoms with E-state index in [-0.39, 0.29) is 18.7 Å². The lowest BCUT2D eigenvalue weighted by atomic mass is 9.89. The van der Waals surface area contributed by atoms with E-state index in [2.05, 4.69) is 10.0 Å². The molecule has 0 spiro atoms. The van der Waals surface area contributed by atoms with Crippen molar-refractivity contribution >= 4 is 17.0 Å². The Morgan fingerprint density at radius 3 is 2.64 bits per heavy atom. The van der Waals surface area contributed by atoms with Crippen LogP contribution in [0.25, 0.3) is 10.4 Å². The third-order valence-electron chi connectivity index (χ3n) is 1.79. The number of rotatable bonds is 6. The van der Waals surface area contributed by atoms with Crippen LogP contribution in [-0.4, -0.2) is 32.1 Å². The topological polar surface area (TPSA) is 123 Å². The fourth-order valence-electron chi connectivity index (χ4n) is 0.855. The molecule has 1 unspecified atom stereocenters. The molecular formula is C6H11N3O4S. The second kappa shape index (κ2) is 5.58. The molecule has 7 nitrogen and oxygen atoms in total. The normalized spacial score (nSPS) is 16.4. The van der Waals surface area contributed by atoms with Crippen LogP contribution in [0.5, 0.6) is 0 Å². The maximum Gasteiger partial charge on any atom is 0.310 e. The molecular weight excluding hydrogens is 210 g/mol. The van der Waals surface area contributed by atoms with Crippen LogP contribution in [0.15, 0.2) is 5.11 Å². The van der Waals surface area contributed by atoms with Crippen LogP contribution in [0.1, 0.15) is 13.3 Å². The lowest BCUT2D eigenvalue weighted by Crippen LogP contribution is -2.34. The van der Waals surface area contributed by atoms with Crippen molar-refractivity contribution in [3.8, 4) is 0 Å². The Bertz CT molecular complexity index is 289. The Balaban J connectivity index is 4.46. The fraction of sp³-hybridized carbons (Fsp3) is 0.833. The van der Waals surface area contributed by atoms with E-state index >= 15 is 0 Å². The molecule has 0 fully saturated rings. The molecule has 80 valence electrons. The van der Waals surface area contributed by atoms with Gasteiger partial charge in [0.15, 0.2) is 11.1 Å². The molecule has 0 aliphatic heterocycles. The fourth-order valence-corrected chi connectivity index (χ4v) is 1.67. The molecule has 0 aliphatic rings. The third-order valence-corrected chi connectivity index (χ3v) is 2.67. The van der Waals surface area contributed by atoms with Crippen LogP contribution in [0.4, 0.5) is 0 Å². The number of azide groups is 1. The summed E-state index contributed by atoms with van der Waals surface area (Å²) in [5.74, 6) is -1.54. The van der Waals surface area contributed by atoms with Crippen molar-refractivity contribution in [1.82, 2.24) is 0 Å². The lowest BCUT2D eigenvalue weighted by molar-refractivity contribution is -0.146. The van der Waals surface area contributed by atoms with Crippen molar-refractivity contribution in [3.63, 3.8) is 0 Å². The van der Waals surface area contributed by atoms with Crippen LogP contribution in [0.3, 0.4) is 0 Å². The molecule has 0 radical (unpaired) electrons. The van der Waals surface area contributed by atoms with E-state index in [4.69, 9.17) is 15.2 Å². The standard InChI is InChI=1S/C6H11N3O4S/c1-6(5(10)11,4-14(12)13)2-3-8-9-7/h2-4H2,1H3,(H,10,11)(H,12,13)/t6-/m0/s1. The largest absolute Gasteiger partial charge is 0.481 e. The van der Waals surface area contributed by atoms with E-state index in [1.54, 1.807) is 0 Å². The quantitative estimate of drug-likeness (QED) is 0.300. The molecule has 0 aromatic rings. The van der Waals surface area contributed by atoms with Gasteiger partial charge < -0.3 is 9.66 Å². The number of carbonyl (C=O) groups is 1. The number of carboxylic acid groups (broad SMARTS) is 1. The van der Waals surface area contributed by atoms with E-state index in [9.17, 15) is 9.00 Å². The van der Waals surface area contributed by atoms with Gasteiger partial charge in [0.25, 0.3) is 0 Å². The minimum Gasteiger partial charge on any atom is -0.481 e. The summed E-state index contributed by atoms with van der Waals surface area (Å²) in [7, 11) is 0. The molecule has 0 aromatic carbocycles. The first-order chi connectivity index (χ1) is 6.42. The highest BCUT2D eigenvalue weighted by Crippen LogP contribution is 2.22. The number of nitrogens with zero attached hydrogens (tertiary/aromatic N) is 3. The first kappa shape index (κ1) is 12.9. The lowest BCUT2D eigenvalue weighted by Gasteiger charge is -2.21. The number of carboxylic acids is 1. The van der Waals surface area contributed by atoms with Gasteiger partial charge in [-0.3, -0.25) is 4.79 Å². The van der Waals surface area contributed by atoms with E-state index in [0.717, 1.165) is 0 Å². The zero-order valence-electron chi connectivity index (χ0n) is 7.58. The molecule has 2 N–H and O–H groups in total. The Labute approximate surface area is 83.0 Å². The molecule has 8 heteroatoms. The zero-order chi connectivity index (χ0) is 11.2. The second-order valence-electron chi connectivity index (χ2n) is 3.04. The van der Waals surface area contributed by atoms with Gasteiger partial charge in [-0.05, 0) is 18.9 Å². The van der Waals surface area contributed by atoms with Crippen molar-refractivity contribution < 1.29 is 18.7 Å². The summed E-state index contributed by atoms with van der Waals surface area (Å²) in [5.41, 5.74) is 6.66. The maximum atomic E-state index is 10.8. The van der Waals surface area contributed by atoms with Gasteiger partial charge in [0, 0.05) is 11.5 Å². The van der Waals surface area contributed by atoms with Gasteiger partial charge in [0.1, 0.15) is 0 Å². The van der Waals surface area contributed by atoms with Gasteiger partial charge in [-0.15, -0.1) is 0 Å². The van der Waals surface area contributed by atoms with Crippen LogP contribution in [0, 0.1) is 5.41 Å². The van der Waals surface area contributed by atoms with Crippen LogP contribution < -0.4 is 0 Å². The maximum absolute atomic E-state index is 10.8. The summed E-state index contributed by atoms with van der Waals surface area (Å²) < 4.78 is 19.1. The Hall–Kier alpha value is -1.11. The molecule has 0 amide bonds. The first-order valence-corrected chi connectivity index (χ1v) is 5.01. The molecule has 0 aromatic heterocycles. The predicted molar refractivity (Wildman–Crippen MR) is 50.0 cm³/mol. The smallest absolute Gasteiger partial charge is 0.310 e. The predicted octanol–water partition coefficient (Wildman–Crippen LogP) is 0.999. The molecule has 0 saturated carbocycles. The summed E-state index contributed by atoms with van der Waals surface area (Å²) >= 11 is -2.18. The minimum absolute atomic E-state index is 0.00347. The molecule has 14 heavy (non-hydrogen) atoms.